The van der Waals surface area contributed by atoms with Crippen molar-refractivity contribution in [3.05, 3.63) is 46.1 Å². The summed E-state index contributed by atoms with van der Waals surface area (Å²) in [6, 6.07) is 7.19. The number of carboxylic acids is 1. The zero-order valence-corrected chi connectivity index (χ0v) is 18.3. The molecule has 3 rings (SSSR count). The summed E-state index contributed by atoms with van der Waals surface area (Å²) >= 11 is 7.34. The first-order valence-corrected chi connectivity index (χ1v) is 10.8. The Kier molecular flexibility index (Phi) is 6.81. The molecule has 2 aromatic heterocycles. The van der Waals surface area contributed by atoms with E-state index in [0.29, 0.717) is 34.5 Å². The zero-order chi connectivity index (χ0) is 22.7. The summed E-state index contributed by atoms with van der Waals surface area (Å²) in [5, 5.41) is 10.1. The normalized spacial score (nSPS) is 10.9. The number of aliphatic carboxylic acids is 1. The zero-order valence-electron chi connectivity index (χ0n) is 16.7. The van der Waals surface area contributed by atoms with Gasteiger partial charge in [-0.3, -0.25) is 9.59 Å². The number of nitrogens with zero attached hydrogens (tertiary/aromatic N) is 3. The number of amides is 1. The molecule has 0 saturated heterocycles. The number of fused-ring (bicyclic) bond motifs is 1. The summed E-state index contributed by atoms with van der Waals surface area (Å²) in [5.41, 5.74) is 6.99. The Morgan fingerprint density at radius 1 is 1.29 bits per heavy atom. The van der Waals surface area contributed by atoms with Gasteiger partial charge >= 0.3 is 5.97 Å². The molecule has 0 atom stereocenters. The standard InChI is InChI=1S/C20H19ClN4O5S/c1-3-12-14(16(28)17(22)29)15-18(25(12)8-10-5-4-6-11(21)7-10)23-20(31-2)24-19(15)30-9-13(26)27/h4-7H,3,8-9H2,1-2H3,(H2,22,29)(H,26,27). The molecule has 0 radical (unpaired) electrons. The monoisotopic (exact) mass is 462 g/mol. The van der Waals surface area contributed by atoms with E-state index >= 15 is 0 Å². The van der Waals surface area contributed by atoms with Gasteiger partial charge in [0.2, 0.25) is 5.88 Å². The Morgan fingerprint density at radius 3 is 2.61 bits per heavy atom. The third-order valence-corrected chi connectivity index (χ3v) is 5.27. The fourth-order valence-corrected chi connectivity index (χ4v) is 3.85. The Morgan fingerprint density at radius 2 is 2.03 bits per heavy atom. The number of Topliss-reactive ketones (excluding diaryl/α,β-unsaturated/α-hetero) is 1. The highest BCUT2D eigenvalue weighted by Gasteiger charge is 2.29. The average Bonchev–Trinajstić information content (AvgIpc) is 3.04. The maximum absolute atomic E-state index is 12.8. The largest absolute Gasteiger partial charge is 0.479 e. The van der Waals surface area contributed by atoms with Crippen LogP contribution < -0.4 is 10.5 Å². The predicted molar refractivity (Wildman–Crippen MR) is 116 cm³/mol. The summed E-state index contributed by atoms with van der Waals surface area (Å²) in [4.78, 5) is 44.4. The van der Waals surface area contributed by atoms with Gasteiger partial charge in [-0.15, -0.1) is 0 Å². The van der Waals surface area contributed by atoms with E-state index < -0.39 is 24.3 Å². The molecule has 0 aliphatic heterocycles. The molecule has 0 spiro atoms. The summed E-state index contributed by atoms with van der Waals surface area (Å²) in [6.45, 7) is 1.45. The van der Waals surface area contributed by atoms with E-state index in [9.17, 15) is 14.4 Å². The number of carbonyl (C=O) groups is 3. The van der Waals surface area contributed by atoms with Crippen LogP contribution in [0.4, 0.5) is 0 Å². The van der Waals surface area contributed by atoms with Gasteiger partial charge in [-0.2, -0.15) is 4.98 Å². The second-order valence-corrected chi connectivity index (χ2v) is 7.69. The molecule has 3 aromatic rings. The molecule has 0 aliphatic carbocycles. The van der Waals surface area contributed by atoms with Gasteiger partial charge in [-0.25, -0.2) is 9.78 Å². The van der Waals surface area contributed by atoms with Gasteiger partial charge in [0.15, 0.2) is 11.8 Å². The minimum atomic E-state index is -1.21. The first-order valence-electron chi connectivity index (χ1n) is 9.17. The van der Waals surface area contributed by atoms with E-state index in [-0.39, 0.29) is 16.8 Å². The van der Waals surface area contributed by atoms with Crippen LogP contribution in [0.15, 0.2) is 29.4 Å². The number of thioether (sulfide) groups is 1. The van der Waals surface area contributed by atoms with E-state index in [2.05, 4.69) is 9.97 Å². The number of halogens is 1. The van der Waals surface area contributed by atoms with Crippen molar-refractivity contribution in [2.24, 2.45) is 5.73 Å². The average molecular weight is 463 g/mol. The van der Waals surface area contributed by atoms with E-state index in [1.165, 1.54) is 11.8 Å². The lowest BCUT2D eigenvalue weighted by Crippen LogP contribution is -2.24. The van der Waals surface area contributed by atoms with Gasteiger partial charge in [0, 0.05) is 17.3 Å². The van der Waals surface area contributed by atoms with Crippen LogP contribution >= 0.6 is 23.4 Å². The number of hydrogen-bond donors (Lipinski definition) is 2. The van der Waals surface area contributed by atoms with Crippen LogP contribution in [0.1, 0.15) is 28.5 Å². The Labute approximate surface area is 186 Å². The van der Waals surface area contributed by atoms with Gasteiger partial charge in [-0.05, 0) is 30.4 Å². The third-order valence-electron chi connectivity index (χ3n) is 4.49. The molecule has 2 heterocycles. The van der Waals surface area contributed by atoms with Crippen molar-refractivity contribution < 1.29 is 24.2 Å². The fourth-order valence-electron chi connectivity index (χ4n) is 3.28. The van der Waals surface area contributed by atoms with Crippen LogP contribution in [0.3, 0.4) is 0 Å². The Hall–Kier alpha value is -3.11. The molecule has 0 bridgehead atoms. The summed E-state index contributed by atoms with van der Waals surface area (Å²) < 4.78 is 7.14. The molecule has 1 aromatic carbocycles. The minimum Gasteiger partial charge on any atom is -0.479 e. The quantitative estimate of drug-likeness (QED) is 0.214. The molecule has 9 nitrogen and oxygen atoms in total. The number of rotatable bonds is 9. The van der Waals surface area contributed by atoms with E-state index in [0.717, 1.165) is 5.56 Å². The van der Waals surface area contributed by atoms with Gasteiger partial charge < -0.3 is 20.1 Å². The van der Waals surface area contributed by atoms with Crippen molar-refractivity contribution in [3.63, 3.8) is 0 Å². The number of carboxylic acid groups (broad SMARTS) is 1. The third kappa shape index (κ3) is 4.64. The van der Waals surface area contributed by atoms with Crippen LogP contribution in [0.5, 0.6) is 5.88 Å². The van der Waals surface area contributed by atoms with Crippen molar-refractivity contribution in [2.75, 3.05) is 12.9 Å². The summed E-state index contributed by atoms with van der Waals surface area (Å²) in [6.07, 6.45) is 2.13. The maximum atomic E-state index is 12.8. The second kappa shape index (κ2) is 9.36. The van der Waals surface area contributed by atoms with Crippen LogP contribution in [0.25, 0.3) is 11.0 Å². The highest BCUT2D eigenvalue weighted by atomic mass is 35.5. The molecule has 1 amide bonds. The molecule has 0 fully saturated rings. The van der Waals surface area contributed by atoms with Crippen LogP contribution in [-0.2, 0) is 22.6 Å². The number of aromatic nitrogens is 3. The van der Waals surface area contributed by atoms with Gasteiger partial charge in [0.05, 0.1) is 10.9 Å². The van der Waals surface area contributed by atoms with Gasteiger partial charge in [0.1, 0.15) is 5.65 Å². The number of carbonyl (C=O) groups excluding carboxylic acids is 2. The van der Waals surface area contributed by atoms with Crippen LogP contribution in [0, 0.1) is 0 Å². The number of ketones is 1. The van der Waals surface area contributed by atoms with Crippen molar-refractivity contribution >= 4 is 52.1 Å². The van der Waals surface area contributed by atoms with Crippen molar-refractivity contribution in [1.29, 1.82) is 0 Å². The van der Waals surface area contributed by atoms with Crippen LogP contribution in [-0.4, -0.2) is 50.2 Å². The first-order chi connectivity index (χ1) is 14.8. The number of primary amides is 1. The van der Waals surface area contributed by atoms with Crippen LogP contribution in [0.2, 0.25) is 5.02 Å². The number of benzene rings is 1. The molecule has 3 N–H and O–H groups in total. The highest BCUT2D eigenvalue weighted by molar-refractivity contribution is 7.98. The molecule has 0 unspecified atom stereocenters. The molecule has 31 heavy (non-hydrogen) atoms. The highest BCUT2D eigenvalue weighted by Crippen LogP contribution is 2.34. The van der Waals surface area contributed by atoms with E-state index in [1.54, 1.807) is 29.0 Å². The molecular weight excluding hydrogens is 444 g/mol. The Bertz CT molecular complexity index is 1190. The summed E-state index contributed by atoms with van der Waals surface area (Å²) in [5.74, 6) is -3.38. The van der Waals surface area contributed by atoms with E-state index in [1.807, 2.05) is 13.0 Å². The summed E-state index contributed by atoms with van der Waals surface area (Å²) in [7, 11) is 0. The van der Waals surface area contributed by atoms with Crippen molar-refractivity contribution in [3.8, 4) is 5.88 Å². The second-order valence-electron chi connectivity index (χ2n) is 6.48. The molecule has 11 heteroatoms. The lowest BCUT2D eigenvalue weighted by Gasteiger charge is -2.11. The molecule has 162 valence electrons. The van der Waals surface area contributed by atoms with Crippen molar-refractivity contribution in [2.45, 2.75) is 25.0 Å². The molecule has 0 saturated carbocycles. The number of nitrogens with two attached hydrogens (primary N) is 1. The number of ether oxygens (including phenoxy) is 1. The SMILES string of the molecule is CCc1c(C(=O)C(N)=O)c2c(OCC(=O)O)nc(SC)nc2n1Cc1cccc(Cl)c1. The topological polar surface area (TPSA) is 137 Å². The van der Waals surface area contributed by atoms with Gasteiger partial charge in [-0.1, -0.05) is 42.4 Å². The van der Waals surface area contributed by atoms with Gasteiger partial charge in [0.25, 0.3) is 11.7 Å². The fraction of sp³-hybridized carbons (Fsp3) is 0.250. The lowest BCUT2D eigenvalue weighted by atomic mass is 10.1. The number of hydrogen-bond acceptors (Lipinski definition) is 7. The predicted octanol–water partition coefficient (Wildman–Crippen LogP) is 2.55. The first kappa shape index (κ1) is 22.6. The van der Waals surface area contributed by atoms with Crippen molar-refractivity contribution in [1.82, 2.24) is 14.5 Å². The minimum absolute atomic E-state index is 0.0140. The Balaban J connectivity index is 2.35. The smallest absolute Gasteiger partial charge is 0.341 e. The maximum Gasteiger partial charge on any atom is 0.341 e. The molecular formula is C20H19ClN4O5S. The van der Waals surface area contributed by atoms with E-state index in [4.69, 9.17) is 27.2 Å². The molecule has 0 aliphatic rings. The lowest BCUT2D eigenvalue weighted by molar-refractivity contribution is -0.139.